The van der Waals surface area contributed by atoms with Crippen molar-refractivity contribution < 1.29 is 9.90 Å². The standard InChI is InChI=1S/C13H20N2O2S/c1-9(2)13(12(16)17)4-5-15(7-13)10(3)11-6-14-8-18-11/h6,8-10H,4-5,7H2,1-3H3,(H,16,17). The van der Waals surface area contributed by atoms with E-state index in [1.165, 1.54) is 4.88 Å². The van der Waals surface area contributed by atoms with Crippen LogP contribution >= 0.6 is 11.3 Å². The first kappa shape index (κ1) is 13.5. The summed E-state index contributed by atoms with van der Waals surface area (Å²) in [5.74, 6) is -0.495. The molecular weight excluding hydrogens is 248 g/mol. The highest BCUT2D eigenvalue weighted by Crippen LogP contribution is 2.41. The zero-order valence-corrected chi connectivity index (χ0v) is 11.9. The average Bonchev–Trinajstić information content (AvgIpc) is 2.98. The molecule has 2 unspecified atom stereocenters. The molecule has 1 aliphatic rings. The molecule has 2 heterocycles. The van der Waals surface area contributed by atoms with Crippen LogP contribution in [0.3, 0.4) is 0 Å². The SMILES string of the molecule is CC(c1cncs1)N1CCC(C(=O)O)(C(C)C)C1. The molecule has 18 heavy (non-hydrogen) atoms. The van der Waals surface area contributed by atoms with E-state index in [1.54, 1.807) is 11.3 Å². The van der Waals surface area contributed by atoms with E-state index in [1.807, 2.05) is 25.6 Å². The molecular formula is C13H20N2O2S. The van der Waals surface area contributed by atoms with Crippen LogP contribution in [0.2, 0.25) is 0 Å². The van der Waals surface area contributed by atoms with Crippen molar-refractivity contribution in [1.82, 2.24) is 9.88 Å². The highest BCUT2D eigenvalue weighted by Gasteiger charge is 2.48. The van der Waals surface area contributed by atoms with Crippen LogP contribution in [-0.4, -0.2) is 34.0 Å². The van der Waals surface area contributed by atoms with Gasteiger partial charge in [-0.2, -0.15) is 0 Å². The van der Waals surface area contributed by atoms with Gasteiger partial charge in [0.2, 0.25) is 0 Å². The Hall–Kier alpha value is -0.940. The fraction of sp³-hybridized carbons (Fsp3) is 0.692. The fourth-order valence-electron chi connectivity index (χ4n) is 2.70. The van der Waals surface area contributed by atoms with Gasteiger partial charge in [-0.15, -0.1) is 11.3 Å². The van der Waals surface area contributed by atoms with Gasteiger partial charge in [-0.3, -0.25) is 14.7 Å². The van der Waals surface area contributed by atoms with E-state index in [-0.39, 0.29) is 12.0 Å². The van der Waals surface area contributed by atoms with E-state index in [4.69, 9.17) is 0 Å². The predicted molar refractivity (Wildman–Crippen MR) is 71.6 cm³/mol. The monoisotopic (exact) mass is 268 g/mol. The number of nitrogens with zero attached hydrogens (tertiary/aromatic N) is 2. The van der Waals surface area contributed by atoms with Gasteiger partial charge in [-0.1, -0.05) is 13.8 Å². The lowest BCUT2D eigenvalue weighted by molar-refractivity contribution is -0.151. The molecule has 1 fully saturated rings. The van der Waals surface area contributed by atoms with Gasteiger partial charge in [0, 0.05) is 23.7 Å². The molecule has 1 N–H and O–H groups in total. The highest BCUT2D eigenvalue weighted by molar-refractivity contribution is 7.09. The lowest BCUT2D eigenvalue weighted by Crippen LogP contribution is -2.39. The second-order valence-corrected chi connectivity index (χ2v) is 6.33. The molecule has 0 amide bonds. The summed E-state index contributed by atoms with van der Waals surface area (Å²) in [5, 5.41) is 9.53. The minimum atomic E-state index is -0.656. The summed E-state index contributed by atoms with van der Waals surface area (Å²) < 4.78 is 0. The number of aromatic nitrogens is 1. The minimum Gasteiger partial charge on any atom is -0.481 e. The van der Waals surface area contributed by atoms with Gasteiger partial charge < -0.3 is 5.11 Å². The van der Waals surface area contributed by atoms with Crippen molar-refractivity contribution in [2.24, 2.45) is 11.3 Å². The van der Waals surface area contributed by atoms with E-state index >= 15 is 0 Å². The molecule has 4 nitrogen and oxygen atoms in total. The van der Waals surface area contributed by atoms with E-state index in [9.17, 15) is 9.90 Å². The summed E-state index contributed by atoms with van der Waals surface area (Å²) in [7, 11) is 0. The number of carbonyl (C=O) groups is 1. The lowest BCUT2D eigenvalue weighted by atomic mass is 9.76. The van der Waals surface area contributed by atoms with Gasteiger partial charge in [0.25, 0.3) is 0 Å². The third-order valence-electron chi connectivity index (χ3n) is 4.27. The molecule has 1 aliphatic heterocycles. The van der Waals surface area contributed by atoms with E-state index in [0.29, 0.717) is 6.54 Å². The molecule has 0 radical (unpaired) electrons. The molecule has 2 rings (SSSR count). The van der Waals surface area contributed by atoms with Gasteiger partial charge >= 0.3 is 5.97 Å². The molecule has 100 valence electrons. The van der Waals surface area contributed by atoms with Crippen LogP contribution in [0.25, 0.3) is 0 Å². The Morgan fingerprint density at radius 2 is 2.28 bits per heavy atom. The Morgan fingerprint density at radius 1 is 1.56 bits per heavy atom. The van der Waals surface area contributed by atoms with Crippen LogP contribution in [0, 0.1) is 11.3 Å². The Morgan fingerprint density at radius 3 is 2.72 bits per heavy atom. The van der Waals surface area contributed by atoms with Gasteiger partial charge in [0.05, 0.1) is 10.9 Å². The van der Waals surface area contributed by atoms with Crippen LogP contribution in [0.4, 0.5) is 0 Å². The summed E-state index contributed by atoms with van der Waals surface area (Å²) in [4.78, 5) is 19.2. The summed E-state index contributed by atoms with van der Waals surface area (Å²) in [5.41, 5.74) is 1.24. The van der Waals surface area contributed by atoms with Gasteiger partial charge in [0.1, 0.15) is 0 Å². The van der Waals surface area contributed by atoms with Crippen LogP contribution in [0.5, 0.6) is 0 Å². The van der Waals surface area contributed by atoms with Crippen LogP contribution < -0.4 is 0 Å². The zero-order chi connectivity index (χ0) is 13.3. The second-order valence-electron chi connectivity index (χ2n) is 5.42. The first-order valence-electron chi connectivity index (χ1n) is 6.33. The number of thiazole rings is 1. The number of hydrogen-bond donors (Lipinski definition) is 1. The average molecular weight is 268 g/mol. The molecule has 1 saturated heterocycles. The van der Waals surface area contributed by atoms with Crippen molar-refractivity contribution in [1.29, 1.82) is 0 Å². The lowest BCUT2D eigenvalue weighted by Gasteiger charge is -2.30. The third kappa shape index (κ3) is 2.17. The second kappa shape index (κ2) is 4.97. The maximum atomic E-state index is 11.6. The van der Waals surface area contributed by atoms with Crippen molar-refractivity contribution in [3.05, 3.63) is 16.6 Å². The number of carboxylic acids is 1. The zero-order valence-electron chi connectivity index (χ0n) is 11.1. The van der Waals surface area contributed by atoms with E-state index < -0.39 is 11.4 Å². The van der Waals surface area contributed by atoms with Gasteiger partial charge in [0.15, 0.2) is 0 Å². The summed E-state index contributed by atoms with van der Waals surface area (Å²) >= 11 is 1.63. The highest BCUT2D eigenvalue weighted by atomic mass is 32.1. The van der Waals surface area contributed by atoms with E-state index in [0.717, 1.165) is 13.0 Å². The van der Waals surface area contributed by atoms with Gasteiger partial charge in [-0.05, 0) is 25.8 Å². The van der Waals surface area contributed by atoms with Crippen molar-refractivity contribution in [3.63, 3.8) is 0 Å². The summed E-state index contributed by atoms with van der Waals surface area (Å²) in [6, 6.07) is 0.262. The molecule has 0 spiro atoms. The molecule has 0 saturated carbocycles. The van der Waals surface area contributed by atoms with Gasteiger partial charge in [-0.25, -0.2) is 0 Å². The van der Waals surface area contributed by atoms with Crippen molar-refractivity contribution in [2.45, 2.75) is 33.2 Å². The Balaban J connectivity index is 2.14. The third-order valence-corrected chi connectivity index (χ3v) is 5.22. The van der Waals surface area contributed by atoms with E-state index in [2.05, 4.69) is 16.8 Å². The first-order valence-corrected chi connectivity index (χ1v) is 7.21. The summed E-state index contributed by atoms with van der Waals surface area (Å²) in [6.07, 6.45) is 2.62. The fourth-order valence-corrected chi connectivity index (χ4v) is 3.41. The Bertz CT molecular complexity index is 419. The summed E-state index contributed by atoms with van der Waals surface area (Å²) in [6.45, 7) is 7.64. The quantitative estimate of drug-likeness (QED) is 0.912. The number of aliphatic carboxylic acids is 1. The predicted octanol–water partition coefficient (Wildman–Crippen LogP) is 2.64. The molecule has 0 bridgehead atoms. The molecule has 2 atom stereocenters. The maximum Gasteiger partial charge on any atom is 0.311 e. The van der Waals surface area contributed by atoms with Crippen LogP contribution in [0.15, 0.2) is 11.7 Å². The molecule has 1 aromatic rings. The number of carboxylic acid groups (broad SMARTS) is 1. The van der Waals surface area contributed by atoms with Crippen molar-refractivity contribution in [3.8, 4) is 0 Å². The Kier molecular flexibility index (Phi) is 3.73. The Labute approximate surface area is 112 Å². The normalized spacial score (nSPS) is 26.7. The maximum absolute atomic E-state index is 11.6. The molecule has 0 aromatic carbocycles. The van der Waals surface area contributed by atoms with Crippen LogP contribution in [-0.2, 0) is 4.79 Å². The number of likely N-dealkylation sites (tertiary alicyclic amines) is 1. The smallest absolute Gasteiger partial charge is 0.311 e. The number of hydrogen-bond acceptors (Lipinski definition) is 4. The minimum absolute atomic E-state index is 0.161. The molecule has 5 heteroatoms. The first-order chi connectivity index (χ1) is 8.47. The largest absolute Gasteiger partial charge is 0.481 e. The van der Waals surface area contributed by atoms with Crippen LogP contribution in [0.1, 0.15) is 38.1 Å². The molecule has 1 aromatic heterocycles. The van der Waals surface area contributed by atoms with Crippen molar-refractivity contribution in [2.75, 3.05) is 13.1 Å². The van der Waals surface area contributed by atoms with Crippen molar-refractivity contribution >= 4 is 17.3 Å². The number of rotatable bonds is 4. The molecule has 0 aliphatic carbocycles. The topological polar surface area (TPSA) is 53.4 Å².